The first-order valence-electron chi connectivity index (χ1n) is 7.14. The monoisotopic (exact) mass is 405 g/mol. The van der Waals surface area contributed by atoms with Gasteiger partial charge in [0.05, 0.1) is 16.3 Å². The van der Waals surface area contributed by atoms with Crippen LogP contribution in [0.25, 0.3) is 16.7 Å². The van der Waals surface area contributed by atoms with Crippen molar-refractivity contribution < 1.29 is 21.6 Å². The summed E-state index contributed by atoms with van der Waals surface area (Å²) in [5, 5.41) is 4.20. The molecule has 0 fully saturated rings. The maximum absolute atomic E-state index is 12.8. The Kier molecular flexibility index (Phi) is 4.31. The fourth-order valence-electron chi connectivity index (χ4n) is 2.21. The number of fused-ring (bicyclic) bond motifs is 1. The minimum atomic E-state index is -4.63. The van der Waals surface area contributed by atoms with Crippen molar-refractivity contribution in [3.63, 3.8) is 0 Å². The average molecular weight is 406 g/mol. The van der Waals surface area contributed by atoms with Crippen molar-refractivity contribution in [2.45, 2.75) is 18.0 Å². The third kappa shape index (κ3) is 3.19. The Hall–Kier alpha value is -2.40. The number of aromatic nitrogens is 4. The first kappa shape index (κ1) is 18.4. The number of nitrogens with zero attached hydrogens (tertiary/aromatic N) is 4. The maximum Gasteiger partial charge on any atom is 0.433 e. The largest absolute Gasteiger partial charge is 0.433 e. The second-order valence-corrected chi connectivity index (χ2v) is 7.93. The summed E-state index contributed by atoms with van der Waals surface area (Å²) < 4.78 is 64.0. The summed E-state index contributed by atoms with van der Waals surface area (Å²) in [5.41, 5.74) is 4.51. The molecule has 0 aliphatic heterocycles. The second-order valence-electron chi connectivity index (χ2n) is 5.28. The normalized spacial score (nSPS) is 12.7. The quantitative estimate of drug-likeness (QED) is 0.718. The molecule has 2 N–H and O–H groups in total. The van der Waals surface area contributed by atoms with Gasteiger partial charge in [-0.05, 0) is 12.1 Å². The Bertz CT molecular complexity index is 1110. The van der Waals surface area contributed by atoms with Gasteiger partial charge in [-0.25, -0.2) is 18.1 Å². The van der Waals surface area contributed by atoms with Crippen LogP contribution in [0.2, 0.25) is 5.02 Å². The van der Waals surface area contributed by atoms with E-state index in [9.17, 15) is 21.6 Å². The molecule has 0 spiro atoms. The van der Waals surface area contributed by atoms with E-state index >= 15 is 0 Å². The molecule has 3 aromatic heterocycles. The van der Waals surface area contributed by atoms with Gasteiger partial charge in [0, 0.05) is 17.8 Å². The van der Waals surface area contributed by atoms with Gasteiger partial charge in [0.25, 0.3) is 0 Å². The molecule has 0 saturated heterocycles. The van der Waals surface area contributed by atoms with Crippen LogP contribution in [0, 0.1) is 0 Å². The van der Waals surface area contributed by atoms with Crippen molar-refractivity contribution in [1.82, 2.24) is 19.7 Å². The van der Waals surface area contributed by atoms with E-state index in [1.807, 2.05) is 0 Å². The van der Waals surface area contributed by atoms with Crippen LogP contribution in [0.15, 0.2) is 29.4 Å². The summed E-state index contributed by atoms with van der Waals surface area (Å²) >= 11 is 5.87. The molecular formula is C14H11ClF3N5O2S. The van der Waals surface area contributed by atoms with Crippen molar-refractivity contribution in [3.05, 3.63) is 35.2 Å². The molecular weight excluding hydrogens is 395 g/mol. The SMILES string of the molecule is CCS(=O)(=O)c1cc(Cl)c(N)nc1-n1cc2cnc(C(F)(F)F)cc2n1. The zero-order valence-electron chi connectivity index (χ0n) is 13.1. The highest BCUT2D eigenvalue weighted by Crippen LogP contribution is 2.31. The maximum atomic E-state index is 12.8. The molecule has 0 aromatic carbocycles. The number of sulfone groups is 1. The second kappa shape index (κ2) is 6.09. The van der Waals surface area contributed by atoms with Crippen LogP contribution in [0.4, 0.5) is 19.0 Å². The Morgan fingerprint density at radius 3 is 2.62 bits per heavy atom. The molecule has 3 heterocycles. The molecule has 3 rings (SSSR count). The Morgan fingerprint density at radius 1 is 1.31 bits per heavy atom. The first-order valence-corrected chi connectivity index (χ1v) is 9.17. The van der Waals surface area contributed by atoms with Gasteiger partial charge in [-0.3, -0.25) is 4.98 Å². The highest BCUT2D eigenvalue weighted by molar-refractivity contribution is 7.91. The van der Waals surface area contributed by atoms with Crippen LogP contribution in [-0.2, 0) is 16.0 Å². The number of anilines is 1. The van der Waals surface area contributed by atoms with Gasteiger partial charge in [-0.15, -0.1) is 0 Å². The summed E-state index contributed by atoms with van der Waals surface area (Å²) in [6.45, 7) is 1.43. The summed E-state index contributed by atoms with van der Waals surface area (Å²) in [4.78, 5) is 7.06. The molecule has 26 heavy (non-hydrogen) atoms. The summed E-state index contributed by atoms with van der Waals surface area (Å²) in [7, 11) is -3.74. The lowest BCUT2D eigenvalue weighted by Gasteiger charge is -2.10. The van der Waals surface area contributed by atoms with E-state index in [4.69, 9.17) is 17.3 Å². The van der Waals surface area contributed by atoms with E-state index in [0.29, 0.717) is 0 Å². The highest BCUT2D eigenvalue weighted by atomic mass is 35.5. The standard InChI is InChI=1S/C14H11ClF3N5O2S/c1-2-26(24,25)10-3-8(15)12(19)21-13(10)23-6-7-5-20-11(14(16,17)18)4-9(7)22-23/h3-6H,2H2,1H3,(H2,19,21). The fraction of sp³-hybridized carbons (Fsp3) is 0.214. The lowest BCUT2D eigenvalue weighted by atomic mass is 10.3. The van der Waals surface area contributed by atoms with Gasteiger partial charge >= 0.3 is 6.18 Å². The number of nitrogen functional groups attached to an aromatic ring is 1. The van der Waals surface area contributed by atoms with Gasteiger partial charge in [0.15, 0.2) is 15.7 Å². The van der Waals surface area contributed by atoms with Crippen LogP contribution in [-0.4, -0.2) is 33.9 Å². The molecule has 0 aliphatic rings. The van der Waals surface area contributed by atoms with E-state index in [1.165, 1.54) is 13.1 Å². The molecule has 0 aliphatic carbocycles. The zero-order valence-corrected chi connectivity index (χ0v) is 14.7. The van der Waals surface area contributed by atoms with Crippen molar-refractivity contribution in [1.29, 1.82) is 0 Å². The van der Waals surface area contributed by atoms with E-state index in [-0.39, 0.29) is 38.2 Å². The smallest absolute Gasteiger partial charge is 0.382 e. The minimum Gasteiger partial charge on any atom is -0.382 e. The van der Waals surface area contributed by atoms with Gasteiger partial charge in [0.2, 0.25) is 0 Å². The summed E-state index contributed by atoms with van der Waals surface area (Å²) in [5.74, 6) is -0.522. The average Bonchev–Trinajstić information content (AvgIpc) is 2.99. The number of nitrogens with two attached hydrogens (primary N) is 1. The number of hydrogen-bond donors (Lipinski definition) is 1. The van der Waals surface area contributed by atoms with E-state index < -0.39 is 21.7 Å². The lowest BCUT2D eigenvalue weighted by Crippen LogP contribution is -2.12. The summed E-state index contributed by atoms with van der Waals surface area (Å²) in [6, 6.07) is 1.91. The van der Waals surface area contributed by atoms with Crippen LogP contribution in [0.3, 0.4) is 0 Å². The minimum absolute atomic E-state index is 0.0255. The van der Waals surface area contributed by atoms with Gasteiger partial charge in [0.1, 0.15) is 16.4 Å². The van der Waals surface area contributed by atoms with Gasteiger partial charge in [-0.2, -0.15) is 18.3 Å². The molecule has 0 atom stereocenters. The van der Waals surface area contributed by atoms with Gasteiger partial charge < -0.3 is 5.73 Å². The Labute approximate surface area is 150 Å². The number of pyridine rings is 2. The van der Waals surface area contributed by atoms with Crippen molar-refractivity contribution >= 4 is 38.2 Å². The van der Waals surface area contributed by atoms with E-state index in [1.54, 1.807) is 0 Å². The number of hydrogen-bond acceptors (Lipinski definition) is 6. The molecule has 3 aromatic rings. The number of alkyl halides is 3. The zero-order chi connectivity index (χ0) is 19.3. The van der Waals surface area contributed by atoms with Crippen molar-refractivity contribution in [2.75, 3.05) is 11.5 Å². The molecule has 0 bridgehead atoms. The first-order chi connectivity index (χ1) is 12.0. The topological polar surface area (TPSA) is 104 Å². The molecule has 0 unspecified atom stereocenters. The predicted octanol–water partition coefficient (Wildman–Crippen LogP) is 2.86. The van der Waals surface area contributed by atoms with Crippen LogP contribution in [0.1, 0.15) is 12.6 Å². The lowest BCUT2D eigenvalue weighted by molar-refractivity contribution is -0.141. The highest BCUT2D eigenvalue weighted by Gasteiger charge is 2.33. The molecule has 0 saturated carbocycles. The molecule has 0 radical (unpaired) electrons. The van der Waals surface area contributed by atoms with E-state index in [0.717, 1.165) is 23.0 Å². The summed E-state index contributed by atoms with van der Waals surface area (Å²) in [6.07, 6.45) is -2.32. The van der Waals surface area contributed by atoms with Gasteiger partial charge in [-0.1, -0.05) is 18.5 Å². The van der Waals surface area contributed by atoms with Crippen LogP contribution >= 0.6 is 11.6 Å². The fourth-order valence-corrected chi connectivity index (χ4v) is 3.45. The Balaban J connectivity index is 2.25. The number of rotatable bonds is 3. The predicted molar refractivity (Wildman–Crippen MR) is 88.8 cm³/mol. The van der Waals surface area contributed by atoms with Crippen LogP contribution in [0.5, 0.6) is 0 Å². The van der Waals surface area contributed by atoms with Crippen molar-refractivity contribution in [2.24, 2.45) is 0 Å². The Morgan fingerprint density at radius 2 is 2.00 bits per heavy atom. The van der Waals surface area contributed by atoms with Crippen molar-refractivity contribution in [3.8, 4) is 5.82 Å². The molecule has 0 amide bonds. The van der Waals surface area contributed by atoms with Crippen LogP contribution < -0.4 is 5.73 Å². The third-order valence-corrected chi connectivity index (χ3v) is 5.59. The number of halogens is 4. The molecule has 12 heteroatoms. The third-order valence-electron chi connectivity index (χ3n) is 3.56. The molecule has 7 nitrogen and oxygen atoms in total. The van der Waals surface area contributed by atoms with E-state index in [2.05, 4.69) is 15.1 Å². The molecule has 138 valence electrons.